The summed E-state index contributed by atoms with van der Waals surface area (Å²) in [6.07, 6.45) is 3.26. The third-order valence-electron chi connectivity index (χ3n) is 4.49. The van der Waals surface area contributed by atoms with Gasteiger partial charge >= 0.3 is 6.03 Å². The molecular formula is C19H24N6O3. The topological polar surface area (TPSA) is 99.7 Å². The van der Waals surface area contributed by atoms with Crippen LogP contribution >= 0.6 is 0 Å². The van der Waals surface area contributed by atoms with Crippen LogP contribution in [0.25, 0.3) is 0 Å². The summed E-state index contributed by atoms with van der Waals surface area (Å²) in [5.41, 5.74) is 0.538. The highest BCUT2D eigenvalue weighted by Gasteiger charge is 2.24. The molecular weight excluding hydrogens is 360 g/mol. The van der Waals surface area contributed by atoms with E-state index in [1.165, 1.54) is 13.3 Å². The number of nitrogens with zero attached hydrogens (tertiary/aromatic N) is 4. The molecule has 9 heteroatoms. The molecule has 1 aliphatic heterocycles. The molecule has 1 unspecified atom stereocenters. The zero-order valence-electron chi connectivity index (χ0n) is 16.0. The number of piperazine rings is 1. The number of urea groups is 1. The summed E-state index contributed by atoms with van der Waals surface area (Å²) in [5.74, 6) is 1.06. The van der Waals surface area contributed by atoms with Crippen LogP contribution in [0, 0.1) is 0 Å². The van der Waals surface area contributed by atoms with Crippen molar-refractivity contribution >= 4 is 23.4 Å². The molecule has 2 aromatic rings. The quantitative estimate of drug-likeness (QED) is 0.807. The van der Waals surface area contributed by atoms with E-state index in [2.05, 4.69) is 25.5 Å². The maximum atomic E-state index is 12.5. The lowest BCUT2D eigenvalue weighted by atomic mass is 10.3. The van der Waals surface area contributed by atoms with Gasteiger partial charge in [-0.15, -0.1) is 0 Å². The number of amides is 3. The van der Waals surface area contributed by atoms with Gasteiger partial charge in [0, 0.05) is 38.4 Å². The second kappa shape index (κ2) is 9.03. The number of hydrogen-bond donors (Lipinski definition) is 2. The molecule has 3 rings (SSSR count). The van der Waals surface area contributed by atoms with Crippen molar-refractivity contribution in [3.8, 4) is 5.88 Å². The van der Waals surface area contributed by atoms with Crippen molar-refractivity contribution in [3.05, 3.63) is 42.7 Å². The van der Waals surface area contributed by atoms with Gasteiger partial charge in [0.25, 0.3) is 0 Å². The predicted octanol–water partition coefficient (Wildman–Crippen LogP) is 1.34. The monoisotopic (exact) mass is 384 g/mol. The molecule has 3 amide bonds. The number of nitrogens with one attached hydrogen (secondary N) is 2. The molecule has 3 heterocycles. The van der Waals surface area contributed by atoms with Gasteiger partial charge in [0.05, 0.1) is 19.0 Å². The molecule has 1 fully saturated rings. The minimum atomic E-state index is -0.677. The first-order valence-corrected chi connectivity index (χ1v) is 9.09. The van der Waals surface area contributed by atoms with Crippen LogP contribution in [-0.4, -0.2) is 66.1 Å². The van der Waals surface area contributed by atoms with Crippen molar-refractivity contribution in [1.29, 1.82) is 0 Å². The molecule has 0 saturated carbocycles. The smallest absolute Gasteiger partial charge is 0.318 e. The number of pyridine rings is 2. The first-order chi connectivity index (χ1) is 13.6. The van der Waals surface area contributed by atoms with Crippen molar-refractivity contribution in [3.63, 3.8) is 0 Å². The lowest BCUT2D eigenvalue weighted by Gasteiger charge is -2.35. The third-order valence-corrected chi connectivity index (χ3v) is 4.49. The van der Waals surface area contributed by atoms with Gasteiger partial charge in [0.15, 0.2) is 0 Å². The van der Waals surface area contributed by atoms with Gasteiger partial charge in [-0.25, -0.2) is 14.8 Å². The van der Waals surface area contributed by atoms with Crippen LogP contribution in [0.5, 0.6) is 5.88 Å². The maximum Gasteiger partial charge on any atom is 0.318 e. The van der Waals surface area contributed by atoms with Crippen LogP contribution in [0.2, 0.25) is 0 Å². The van der Waals surface area contributed by atoms with Gasteiger partial charge in [-0.05, 0) is 25.1 Å². The summed E-state index contributed by atoms with van der Waals surface area (Å²) in [5, 5.41) is 5.47. The van der Waals surface area contributed by atoms with E-state index in [4.69, 9.17) is 4.74 Å². The summed E-state index contributed by atoms with van der Waals surface area (Å²) in [6, 6.07) is 8.19. The van der Waals surface area contributed by atoms with E-state index < -0.39 is 6.04 Å². The summed E-state index contributed by atoms with van der Waals surface area (Å²) < 4.78 is 4.98. The van der Waals surface area contributed by atoms with E-state index in [9.17, 15) is 9.59 Å². The molecule has 2 N–H and O–H groups in total. The highest BCUT2D eigenvalue weighted by Crippen LogP contribution is 2.13. The fourth-order valence-corrected chi connectivity index (χ4v) is 2.85. The van der Waals surface area contributed by atoms with Crippen LogP contribution in [0.3, 0.4) is 0 Å². The van der Waals surface area contributed by atoms with Gasteiger partial charge < -0.3 is 25.2 Å². The van der Waals surface area contributed by atoms with Crippen LogP contribution < -0.4 is 20.3 Å². The van der Waals surface area contributed by atoms with Gasteiger partial charge in [0.2, 0.25) is 11.8 Å². The molecule has 0 bridgehead atoms. The lowest BCUT2D eigenvalue weighted by molar-refractivity contribution is -0.117. The number of methoxy groups -OCH3 is 1. The molecule has 0 radical (unpaired) electrons. The minimum Gasteiger partial charge on any atom is -0.481 e. The van der Waals surface area contributed by atoms with Gasteiger partial charge in [-0.1, -0.05) is 6.07 Å². The molecule has 1 aliphatic rings. The Morgan fingerprint density at radius 2 is 1.89 bits per heavy atom. The number of ether oxygens (including phenoxy) is 1. The minimum absolute atomic E-state index is 0.254. The molecule has 148 valence electrons. The largest absolute Gasteiger partial charge is 0.481 e. The second-order valence-electron chi connectivity index (χ2n) is 6.41. The van der Waals surface area contributed by atoms with E-state index in [0.29, 0.717) is 37.7 Å². The maximum absolute atomic E-state index is 12.5. The number of hydrogen-bond acceptors (Lipinski definition) is 6. The zero-order valence-corrected chi connectivity index (χ0v) is 16.0. The van der Waals surface area contributed by atoms with Crippen LogP contribution in [0.1, 0.15) is 6.92 Å². The lowest BCUT2D eigenvalue weighted by Crippen LogP contribution is -2.54. The van der Waals surface area contributed by atoms with E-state index in [0.717, 1.165) is 5.82 Å². The molecule has 0 spiro atoms. The van der Waals surface area contributed by atoms with Crippen molar-refractivity contribution in [2.45, 2.75) is 13.0 Å². The Morgan fingerprint density at radius 1 is 1.11 bits per heavy atom. The Balaban J connectivity index is 1.46. The van der Waals surface area contributed by atoms with E-state index in [-0.39, 0.29) is 11.9 Å². The molecule has 0 aromatic carbocycles. The van der Waals surface area contributed by atoms with Crippen molar-refractivity contribution in [2.24, 2.45) is 0 Å². The van der Waals surface area contributed by atoms with Crippen molar-refractivity contribution < 1.29 is 14.3 Å². The average molecular weight is 384 g/mol. The number of rotatable bonds is 5. The van der Waals surface area contributed by atoms with Gasteiger partial charge in [0.1, 0.15) is 11.9 Å². The second-order valence-corrected chi connectivity index (χ2v) is 6.41. The Bertz CT molecular complexity index is 791. The molecule has 2 aromatic heterocycles. The summed E-state index contributed by atoms with van der Waals surface area (Å²) in [4.78, 5) is 37.0. The fourth-order valence-electron chi connectivity index (χ4n) is 2.85. The number of aromatic nitrogens is 2. The number of carbonyl (C=O) groups is 2. The van der Waals surface area contributed by atoms with Crippen molar-refractivity contribution in [1.82, 2.24) is 20.2 Å². The van der Waals surface area contributed by atoms with E-state index >= 15 is 0 Å². The van der Waals surface area contributed by atoms with Crippen LogP contribution in [0.15, 0.2) is 42.7 Å². The normalized spacial score (nSPS) is 14.9. The molecule has 0 aliphatic carbocycles. The van der Waals surface area contributed by atoms with Gasteiger partial charge in [-0.3, -0.25) is 4.79 Å². The Hall–Kier alpha value is -3.36. The van der Waals surface area contributed by atoms with E-state index in [1.807, 2.05) is 18.2 Å². The summed E-state index contributed by atoms with van der Waals surface area (Å²) >= 11 is 0. The highest BCUT2D eigenvalue weighted by molar-refractivity contribution is 5.96. The van der Waals surface area contributed by atoms with E-state index in [1.54, 1.807) is 30.2 Å². The predicted molar refractivity (Wildman–Crippen MR) is 105 cm³/mol. The van der Waals surface area contributed by atoms with Crippen LogP contribution in [-0.2, 0) is 4.79 Å². The molecule has 1 saturated heterocycles. The summed E-state index contributed by atoms with van der Waals surface area (Å²) in [6.45, 7) is 4.18. The number of carbonyl (C=O) groups excluding carboxylic acids is 2. The zero-order chi connectivity index (χ0) is 19.9. The first-order valence-electron chi connectivity index (χ1n) is 9.09. The fraction of sp³-hybridized carbons (Fsp3) is 0.368. The summed E-state index contributed by atoms with van der Waals surface area (Å²) in [7, 11) is 1.52. The van der Waals surface area contributed by atoms with Crippen LogP contribution in [0.4, 0.5) is 16.3 Å². The van der Waals surface area contributed by atoms with Gasteiger partial charge in [-0.2, -0.15) is 0 Å². The SMILES string of the molecule is COc1ccc(NC(=O)C(C)NC(=O)N2CCN(c3ccccn3)CC2)cn1. The average Bonchev–Trinajstić information content (AvgIpc) is 2.75. The standard InChI is InChI=1S/C19H24N6O3/c1-14(18(26)23-15-6-7-17(28-2)21-13-15)22-19(27)25-11-9-24(10-12-25)16-5-3-4-8-20-16/h3-8,13-14H,9-12H2,1-2H3,(H,22,27)(H,23,26). The van der Waals surface area contributed by atoms with Crippen molar-refractivity contribution in [2.75, 3.05) is 43.5 Å². The Kier molecular flexibility index (Phi) is 6.25. The molecule has 1 atom stereocenters. The molecule has 9 nitrogen and oxygen atoms in total. The Morgan fingerprint density at radius 3 is 2.50 bits per heavy atom. The highest BCUT2D eigenvalue weighted by atomic mass is 16.5. The molecule has 28 heavy (non-hydrogen) atoms. The number of anilines is 2. The third kappa shape index (κ3) is 4.87. The first kappa shape index (κ1) is 19.4. The Labute approximate surface area is 163 Å².